The van der Waals surface area contributed by atoms with E-state index in [9.17, 15) is 19.5 Å². The fourth-order valence-electron chi connectivity index (χ4n) is 2.19. The quantitative estimate of drug-likeness (QED) is 0.551. The first-order valence-corrected chi connectivity index (χ1v) is 6.86. The first kappa shape index (κ1) is 17.4. The Morgan fingerprint density at radius 1 is 1.48 bits per heavy atom. The molecule has 8 heteroatoms. The third-order valence-corrected chi connectivity index (χ3v) is 3.55. The van der Waals surface area contributed by atoms with Gasteiger partial charge in [-0.15, -0.1) is 0 Å². The van der Waals surface area contributed by atoms with Crippen molar-refractivity contribution < 1.29 is 24.6 Å². The highest BCUT2D eigenvalue weighted by Gasteiger charge is 2.34. The lowest BCUT2D eigenvalue weighted by molar-refractivity contribution is -0.145. The Hall–Kier alpha value is -1.67. The Morgan fingerprint density at radius 3 is 2.52 bits per heavy atom. The van der Waals surface area contributed by atoms with Gasteiger partial charge in [-0.2, -0.15) is 0 Å². The smallest absolute Gasteiger partial charge is 0.247 e. The number of rotatable bonds is 5. The molecule has 21 heavy (non-hydrogen) atoms. The van der Waals surface area contributed by atoms with Crippen molar-refractivity contribution in [3.63, 3.8) is 0 Å². The SMILES string of the molecule is C[C@@H](O)[C@H](NC(=O)C1CCN(CO)C(=O)C1)C(=O)N(C)C. The monoisotopic (exact) mass is 301 g/mol. The standard InChI is InChI=1S/C13H23N3O5/c1-8(18)11(13(21)15(2)3)14-12(20)9-4-5-16(7-17)10(19)6-9/h8-9,11,17-18H,4-7H2,1-3H3,(H,14,20)/t8-,9?,11+/m1/s1. The number of aliphatic hydroxyl groups excluding tert-OH is 2. The molecule has 3 N–H and O–H groups in total. The second kappa shape index (κ2) is 7.37. The molecule has 0 saturated carbocycles. The fraction of sp³-hybridized carbons (Fsp3) is 0.769. The van der Waals surface area contributed by atoms with Gasteiger partial charge in [0.25, 0.3) is 0 Å². The number of aliphatic hydroxyl groups is 2. The van der Waals surface area contributed by atoms with Crippen molar-refractivity contribution in [3.8, 4) is 0 Å². The van der Waals surface area contributed by atoms with E-state index in [0.29, 0.717) is 13.0 Å². The molecule has 0 aromatic rings. The molecule has 1 aliphatic rings. The third kappa shape index (κ3) is 4.40. The van der Waals surface area contributed by atoms with Crippen molar-refractivity contribution in [2.24, 2.45) is 5.92 Å². The maximum absolute atomic E-state index is 12.2. The zero-order valence-corrected chi connectivity index (χ0v) is 12.6. The molecule has 0 bridgehead atoms. The van der Waals surface area contributed by atoms with Crippen LogP contribution in [0, 0.1) is 5.92 Å². The molecule has 0 spiro atoms. The van der Waals surface area contributed by atoms with Crippen LogP contribution in [0.1, 0.15) is 19.8 Å². The predicted octanol–water partition coefficient (Wildman–Crippen LogP) is -1.87. The molecule has 8 nitrogen and oxygen atoms in total. The Labute approximate surface area is 123 Å². The summed E-state index contributed by atoms with van der Waals surface area (Å²) in [5.41, 5.74) is 0. The number of hydrogen-bond acceptors (Lipinski definition) is 5. The zero-order chi connectivity index (χ0) is 16.2. The molecular formula is C13H23N3O5. The summed E-state index contributed by atoms with van der Waals surface area (Å²) in [5.74, 6) is -1.67. The van der Waals surface area contributed by atoms with Crippen LogP contribution in [0.25, 0.3) is 0 Å². The highest BCUT2D eigenvalue weighted by atomic mass is 16.3. The average Bonchev–Trinajstić information content (AvgIpc) is 2.43. The number of carbonyl (C=O) groups excluding carboxylic acids is 3. The minimum atomic E-state index is -1.03. The van der Waals surface area contributed by atoms with E-state index in [2.05, 4.69) is 5.32 Å². The van der Waals surface area contributed by atoms with Crippen LogP contribution in [-0.4, -0.2) is 77.3 Å². The largest absolute Gasteiger partial charge is 0.391 e. The summed E-state index contributed by atoms with van der Waals surface area (Å²) in [4.78, 5) is 38.3. The molecule has 1 saturated heterocycles. The van der Waals surface area contributed by atoms with Crippen molar-refractivity contribution in [2.45, 2.75) is 31.9 Å². The lowest BCUT2D eigenvalue weighted by atomic mass is 9.95. The lowest BCUT2D eigenvalue weighted by Crippen LogP contribution is -2.54. The lowest BCUT2D eigenvalue weighted by Gasteiger charge is -2.31. The molecule has 1 aliphatic heterocycles. The molecule has 0 radical (unpaired) electrons. The van der Waals surface area contributed by atoms with Crippen LogP contribution in [0.3, 0.4) is 0 Å². The Bertz CT molecular complexity index is 411. The number of nitrogens with one attached hydrogen (secondary N) is 1. The third-order valence-electron chi connectivity index (χ3n) is 3.55. The highest BCUT2D eigenvalue weighted by Crippen LogP contribution is 2.18. The molecule has 0 aromatic carbocycles. The van der Waals surface area contributed by atoms with Crippen molar-refractivity contribution in [2.75, 3.05) is 27.4 Å². The molecule has 1 fully saturated rings. The highest BCUT2D eigenvalue weighted by molar-refractivity contribution is 5.91. The number of nitrogens with zero attached hydrogens (tertiary/aromatic N) is 2. The number of hydrogen-bond donors (Lipinski definition) is 3. The van der Waals surface area contributed by atoms with Gasteiger partial charge in [0.15, 0.2) is 0 Å². The van der Waals surface area contributed by atoms with E-state index >= 15 is 0 Å². The van der Waals surface area contributed by atoms with E-state index in [-0.39, 0.29) is 19.1 Å². The second-order valence-electron chi connectivity index (χ2n) is 5.45. The maximum Gasteiger partial charge on any atom is 0.247 e. The van der Waals surface area contributed by atoms with Gasteiger partial charge in [0.2, 0.25) is 17.7 Å². The number of carbonyl (C=O) groups is 3. The van der Waals surface area contributed by atoms with Gasteiger partial charge in [-0.1, -0.05) is 0 Å². The average molecular weight is 301 g/mol. The molecule has 1 heterocycles. The van der Waals surface area contributed by atoms with Crippen molar-refractivity contribution in [3.05, 3.63) is 0 Å². The van der Waals surface area contributed by atoms with E-state index < -0.39 is 29.9 Å². The van der Waals surface area contributed by atoms with Crippen LogP contribution in [0.5, 0.6) is 0 Å². The maximum atomic E-state index is 12.2. The predicted molar refractivity (Wildman–Crippen MR) is 73.8 cm³/mol. The van der Waals surface area contributed by atoms with Gasteiger partial charge < -0.3 is 25.3 Å². The minimum Gasteiger partial charge on any atom is -0.391 e. The summed E-state index contributed by atoms with van der Waals surface area (Å²) < 4.78 is 0. The van der Waals surface area contributed by atoms with Crippen LogP contribution in [-0.2, 0) is 14.4 Å². The Morgan fingerprint density at radius 2 is 2.10 bits per heavy atom. The normalized spacial score (nSPS) is 21.7. The van der Waals surface area contributed by atoms with Crippen molar-refractivity contribution in [1.29, 1.82) is 0 Å². The minimum absolute atomic E-state index is 0.00488. The van der Waals surface area contributed by atoms with E-state index in [4.69, 9.17) is 5.11 Å². The first-order chi connectivity index (χ1) is 9.77. The van der Waals surface area contributed by atoms with E-state index in [1.165, 1.54) is 30.8 Å². The molecule has 1 rings (SSSR count). The van der Waals surface area contributed by atoms with Crippen LogP contribution in [0.4, 0.5) is 0 Å². The molecule has 120 valence electrons. The van der Waals surface area contributed by atoms with Gasteiger partial charge in [0, 0.05) is 33.0 Å². The summed E-state index contributed by atoms with van der Waals surface area (Å²) in [6.07, 6.45) is -0.618. The summed E-state index contributed by atoms with van der Waals surface area (Å²) in [5, 5.41) is 21.1. The number of likely N-dealkylation sites (tertiary alicyclic amines) is 1. The summed E-state index contributed by atoms with van der Waals surface area (Å²) in [7, 11) is 3.07. The van der Waals surface area contributed by atoms with E-state index in [1.807, 2.05) is 0 Å². The van der Waals surface area contributed by atoms with Crippen LogP contribution in [0.15, 0.2) is 0 Å². The summed E-state index contributed by atoms with van der Waals surface area (Å²) in [6, 6.07) is -1.03. The first-order valence-electron chi connectivity index (χ1n) is 6.86. The molecule has 0 aliphatic carbocycles. The molecule has 3 atom stereocenters. The van der Waals surface area contributed by atoms with Crippen molar-refractivity contribution in [1.82, 2.24) is 15.1 Å². The van der Waals surface area contributed by atoms with Crippen LogP contribution < -0.4 is 5.32 Å². The van der Waals surface area contributed by atoms with Gasteiger partial charge in [0.1, 0.15) is 12.8 Å². The van der Waals surface area contributed by atoms with Gasteiger partial charge in [-0.25, -0.2) is 0 Å². The molecule has 0 aromatic heterocycles. The molecular weight excluding hydrogens is 278 g/mol. The van der Waals surface area contributed by atoms with Gasteiger partial charge in [-0.3, -0.25) is 14.4 Å². The van der Waals surface area contributed by atoms with Gasteiger partial charge in [-0.05, 0) is 13.3 Å². The van der Waals surface area contributed by atoms with Crippen LogP contribution >= 0.6 is 0 Å². The number of likely N-dealkylation sites (N-methyl/N-ethyl adjacent to an activating group) is 1. The second-order valence-corrected chi connectivity index (χ2v) is 5.45. The van der Waals surface area contributed by atoms with Gasteiger partial charge in [0.05, 0.1) is 6.10 Å². The fourth-order valence-corrected chi connectivity index (χ4v) is 2.19. The van der Waals surface area contributed by atoms with E-state index in [0.717, 1.165) is 0 Å². The summed E-state index contributed by atoms with van der Waals surface area (Å²) in [6.45, 7) is 1.36. The topological polar surface area (TPSA) is 110 Å². The van der Waals surface area contributed by atoms with Crippen LogP contribution in [0.2, 0.25) is 0 Å². The molecule has 1 unspecified atom stereocenters. The van der Waals surface area contributed by atoms with Crippen molar-refractivity contribution >= 4 is 17.7 Å². The van der Waals surface area contributed by atoms with Gasteiger partial charge >= 0.3 is 0 Å². The zero-order valence-electron chi connectivity index (χ0n) is 12.6. The number of amides is 3. The Balaban J connectivity index is 2.67. The Kier molecular flexibility index (Phi) is 6.10. The number of piperidine rings is 1. The van der Waals surface area contributed by atoms with E-state index in [1.54, 1.807) is 0 Å². The molecule has 3 amide bonds. The summed E-state index contributed by atoms with van der Waals surface area (Å²) >= 11 is 0.